The van der Waals surface area contributed by atoms with Crippen LogP contribution in [0.15, 0.2) is 72.8 Å². The molecule has 0 N–H and O–H groups in total. The molecule has 6 heteroatoms. The van der Waals surface area contributed by atoms with E-state index in [9.17, 15) is 0 Å². The van der Waals surface area contributed by atoms with Gasteiger partial charge in [0, 0.05) is 0 Å². The minimum atomic E-state index is -1.82. The number of nitrogens with zero attached hydrogens (tertiary/aromatic N) is 1. The second-order valence-corrected chi connectivity index (χ2v) is 21.6. The first-order chi connectivity index (χ1) is 14.4. The van der Waals surface area contributed by atoms with E-state index in [4.69, 9.17) is 3.32 Å². The Bertz CT molecular complexity index is 1020. The molecule has 0 aliphatic heterocycles. The van der Waals surface area contributed by atoms with Gasteiger partial charge >= 0.3 is 190 Å². The van der Waals surface area contributed by atoms with Crippen LogP contribution in [0.3, 0.4) is 0 Å². The summed E-state index contributed by atoms with van der Waals surface area (Å²) in [4.78, 5) is 2.43. The summed E-state index contributed by atoms with van der Waals surface area (Å²) < 4.78 is 7.63. The summed E-state index contributed by atoms with van der Waals surface area (Å²) in [5, 5.41) is 0. The molecule has 2 nitrogen and oxygen atoms in total. The van der Waals surface area contributed by atoms with Crippen molar-refractivity contribution in [3.8, 4) is 16.9 Å². The van der Waals surface area contributed by atoms with Crippen LogP contribution in [0.25, 0.3) is 11.1 Å². The van der Waals surface area contributed by atoms with Crippen LogP contribution in [0.5, 0.6) is 5.75 Å². The molecule has 4 rings (SSSR count). The zero-order chi connectivity index (χ0) is 21.3. The average molecular weight is 523 g/mol. The predicted molar refractivity (Wildman–Crippen MR) is 141 cm³/mol. The molecular weight excluding hydrogens is 489 g/mol. The van der Waals surface area contributed by atoms with E-state index in [-0.39, 0.29) is 24.8 Å². The molecule has 0 aromatic heterocycles. The molecule has 0 spiro atoms. The Morgan fingerprint density at radius 3 is 2.19 bits per heavy atom. The Balaban J connectivity index is 0.00000181. The molecule has 0 bridgehead atoms. The summed E-state index contributed by atoms with van der Waals surface area (Å²) in [6.07, 6.45) is 1.15. The van der Waals surface area contributed by atoms with Crippen LogP contribution in [0.2, 0.25) is 13.1 Å². The number of hydrogen-bond donors (Lipinski definition) is 0. The van der Waals surface area contributed by atoms with E-state index in [2.05, 4.69) is 112 Å². The minimum absolute atomic E-state index is 0. The van der Waals surface area contributed by atoms with E-state index >= 15 is 0 Å². The van der Waals surface area contributed by atoms with Gasteiger partial charge in [-0.05, 0) is 0 Å². The molecule has 171 valence electrons. The molecule has 3 aromatic rings. The van der Waals surface area contributed by atoms with Crippen molar-refractivity contribution in [2.45, 2.75) is 36.7 Å². The van der Waals surface area contributed by atoms with Crippen molar-refractivity contribution < 1.29 is 20.8 Å². The van der Waals surface area contributed by atoms with Gasteiger partial charge in [0.15, 0.2) is 0 Å². The number of benzene rings is 3. The first-order valence-electron chi connectivity index (χ1n) is 10.9. The zero-order valence-corrected chi connectivity index (χ0v) is 23.9. The largest absolute Gasteiger partial charge is 0.147 e. The van der Waals surface area contributed by atoms with Crippen LogP contribution in [0, 0.1) is 6.92 Å². The monoisotopic (exact) mass is 522 g/mol. The van der Waals surface area contributed by atoms with Crippen LogP contribution in [-0.4, -0.2) is 31.7 Å². The van der Waals surface area contributed by atoms with E-state index in [0.29, 0.717) is 10.3 Å². The SMILES string of the molecule is Cc1cc([O][Ti]([CH]2c3ccccc3CC2N(C)C)[SiH](C)C)cc(-c2ccccc2)c1.Cl.Cl. The summed E-state index contributed by atoms with van der Waals surface area (Å²) in [5.74, 6) is 1.08. The zero-order valence-electron chi connectivity index (χ0n) is 19.5. The van der Waals surface area contributed by atoms with Crippen molar-refractivity contribution in [3.63, 3.8) is 0 Å². The van der Waals surface area contributed by atoms with Crippen molar-refractivity contribution >= 4 is 31.5 Å². The minimum Gasteiger partial charge on any atom is -0.147 e. The van der Waals surface area contributed by atoms with Gasteiger partial charge in [-0.3, -0.25) is 0 Å². The topological polar surface area (TPSA) is 12.5 Å². The smallest absolute Gasteiger partial charge is 0.147 e. The van der Waals surface area contributed by atoms with Gasteiger partial charge in [0.25, 0.3) is 0 Å². The van der Waals surface area contributed by atoms with Crippen molar-refractivity contribution in [2.75, 3.05) is 14.1 Å². The third-order valence-corrected chi connectivity index (χ3v) is 17.4. The fraction of sp³-hybridized carbons (Fsp3) is 0.308. The van der Waals surface area contributed by atoms with Crippen molar-refractivity contribution in [1.82, 2.24) is 4.90 Å². The molecule has 1 aliphatic rings. The summed E-state index contributed by atoms with van der Waals surface area (Å²) in [6.45, 7) is 6.24. The molecule has 2 unspecified atom stereocenters. The van der Waals surface area contributed by atoms with Crippen molar-refractivity contribution in [1.29, 1.82) is 0 Å². The molecule has 0 fully saturated rings. The molecule has 0 saturated carbocycles. The van der Waals surface area contributed by atoms with Gasteiger partial charge in [-0.2, -0.15) is 0 Å². The Hall–Kier alpha value is -1.07. The Labute approximate surface area is 213 Å². The van der Waals surface area contributed by atoms with Gasteiger partial charge in [0.05, 0.1) is 0 Å². The Morgan fingerprint density at radius 2 is 1.53 bits per heavy atom. The van der Waals surface area contributed by atoms with E-state index < -0.39 is 24.2 Å². The summed E-state index contributed by atoms with van der Waals surface area (Å²) in [7, 11) is 4.48. The van der Waals surface area contributed by atoms with Crippen LogP contribution in [0.4, 0.5) is 0 Å². The fourth-order valence-electron chi connectivity index (χ4n) is 4.68. The number of fused-ring (bicyclic) bond motifs is 1. The molecule has 0 saturated heterocycles. The van der Waals surface area contributed by atoms with Crippen LogP contribution >= 0.6 is 24.8 Å². The van der Waals surface area contributed by atoms with E-state index in [0.717, 1.165) is 12.2 Å². The number of likely N-dealkylation sites (N-methyl/N-ethyl adjacent to an activating group) is 1. The van der Waals surface area contributed by atoms with Crippen molar-refractivity contribution in [3.05, 3.63) is 89.5 Å². The number of hydrogen-bond acceptors (Lipinski definition) is 2. The molecule has 1 aliphatic carbocycles. The maximum atomic E-state index is 7.04. The number of aryl methyl sites for hydroxylation is 1. The van der Waals surface area contributed by atoms with Gasteiger partial charge < -0.3 is 0 Å². The molecule has 2 atom stereocenters. The first kappa shape index (κ1) is 27.2. The second kappa shape index (κ2) is 11.9. The van der Waals surface area contributed by atoms with E-state index in [1.54, 1.807) is 5.56 Å². The van der Waals surface area contributed by atoms with E-state index in [1.165, 1.54) is 22.3 Å². The third kappa shape index (κ3) is 5.88. The number of halogens is 2. The molecule has 0 radical (unpaired) electrons. The molecule has 0 amide bonds. The van der Waals surface area contributed by atoms with Gasteiger partial charge in [-0.1, -0.05) is 0 Å². The molecule has 3 aromatic carbocycles. The summed E-state index contributed by atoms with van der Waals surface area (Å²) in [5.41, 5.74) is 6.86. The van der Waals surface area contributed by atoms with E-state index in [1.807, 2.05) is 0 Å². The fourth-order valence-corrected chi connectivity index (χ4v) is 15.3. The van der Waals surface area contributed by atoms with Gasteiger partial charge in [-0.15, -0.1) is 24.8 Å². The predicted octanol–water partition coefficient (Wildman–Crippen LogP) is 6.63. The normalized spacial score (nSPS) is 16.8. The molecule has 0 heterocycles. The average Bonchev–Trinajstić information content (AvgIpc) is 3.12. The Morgan fingerprint density at radius 1 is 0.875 bits per heavy atom. The van der Waals surface area contributed by atoms with Crippen molar-refractivity contribution in [2.24, 2.45) is 0 Å². The van der Waals surface area contributed by atoms with Gasteiger partial charge in [-0.25, -0.2) is 0 Å². The number of rotatable bonds is 6. The van der Waals surface area contributed by atoms with Gasteiger partial charge in [0.2, 0.25) is 0 Å². The van der Waals surface area contributed by atoms with Gasteiger partial charge in [0.1, 0.15) is 0 Å². The molecule has 32 heavy (non-hydrogen) atoms. The third-order valence-electron chi connectivity index (χ3n) is 6.14. The summed E-state index contributed by atoms with van der Waals surface area (Å²) in [6, 6.07) is 27.1. The first-order valence-corrected chi connectivity index (χ1v) is 18.0. The summed E-state index contributed by atoms with van der Waals surface area (Å²) >= 11 is -1.82. The second-order valence-electron chi connectivity index (χ2n) is 8.97. The van der Waals surface area contributed by atoms with Crippen LogP contribution in [0.1, 0.15) is 20.9 Å². The van der Waals surface area contributed by atoms with Crippen LogP contribution in [-0.2, 0) is 23.9 Å². The maximum Gasteiger partial charge on any atom is -0.147 e. The van der Waals surface area contributed by atoms with Crippen LogP contribution < -0.4 is 3.32 Å². The Kier molecular flexibility index (Phi) is 10.1. The standard InChI is InChI=1S/C13H12O.C11H14N.C2H7Si.2ClH.Ti/c1-10-7-12(9-13(14)8-10)11-5-3-2-4-6-11;1-12(2)11-7-9-5-3-4-6-10(9)8-11;1-3-2;;;/h2-9,14H,1H3;3-7,11H,8H2,1-2H3;3H,1-2H3;2*1H;/q;;;;;+1/p-1. The molecular formula is C26H34Cl2NOSiTi. The maximum absolute atomic E-state index is 7.04. The quantitative estimate of drug-likeness (QED) is 0.337.